The Morgan fingerprint density at radius 1 is 1.19 bits per heavy atom. The van der Waals surface area contributed by atoms with Gasteiger partial charge in [0.1, 0.15) is 5.69 Å². The number of nitrogens with one attached hydrogen (secondary N) is 2. The summed E-state index contributed by atoms with van der Waals surface area (Å²) in [5.41, 5.74) is 5.19. The van der Waals surface area contributed by atoms with Crippen molar-refractivity contribution in [3.05, 3.63) is 34.3 Å². The third kappa shape index (κ3) is 5.40. The van der Waals surface area contributed by atoms with E-state index in [0.29, 0.717) is 35.5 Å². The van der Waals surface area contributed by atoms with Crippen LogP contribution in [-0.2, 0) is 17.9 Å². The second kappa shape index (κ2) is 10.3. The lowest BCUT2D eigenvalue weighted by atomic mass is 10.1. The molecule has 0 bridgehead atoms. The van der Waals surface area contributed by atoms with Gasteiger partial charge in [-0.15, -0.1) is 0 Å². The van der Waals surface area contributed by atoms with Crippen molar-refractivity contribution in [3.8, 4) is 6.01 Å². The number of unbranched alkanes of at least 4 members (excludes halogenated alkanes) is 1. The molecule has 1 fully saturated rings. The van der Waals surface area contributed by atoms with E-state index in [-0.39, 0.29) is 18.5 Å². The van der Waals surface area contributed by atoms with Gasteiger partial charge in [0.15, 0.2) is 11.6 Å². The van der Waals surface area contributed by atoms with Crippen molar-refractivity contribution < 1.29 is 9.53 Å². The third-order valence-electron chi connectivity index (χ3n) is 5.63. The van der Waals surface area contributed by atoms with Gasteiger partial charge in [-0.2, -0.15) is 9.97 Å². The predicted molar refractivity (Wildman–Crippen MR) is 126 cm³/mol. The highest BCUT2D eigenvalue weighted by atomic mass is 35.5. The quantitative estimate of drug-likeness (QED) is 0.298. The Labute approximate surface area is 193 Å². The fourth-order valence-corrected chi connectivity index (χ4v) is 4.41. The minimum Gasteiger partial charge on any atom is -0.463 e. The van der Waals surface area contributed by atoms with E-state index in [2.05, 4.69) is 38.6 Å². The summed E-state index contributed by atoms with van der Waals surface area (Å²) in [5, 5.41) is 3.51. The van der Waals surface area contributed by atoms with E-state index in [4.69, 9.17) is 22.2 Å². The van der Waals surface area contributed by atoms with Crippen LogP contribution in [0.25, 0.3) is 0 Å². The molecule has 9 nitrogen and oxygen atoms in total. The summed E-state index contributed by atoms with van der Waals surface area (Å²) in [7, 11) is 0. The smallest absolute Gasteiger partial charge is 0.320 e. The van der Waals surface area contributed by atoms with Crippen LogP contribution < -0.4 is 26.2 Å². The Balaban J connectivity index is 1.60. The Hall–Kier alpha value is -2.62. The molecule has 1 aromatic carbocycles. The first-order valence-electron chi connectivity index (χ1n) is 11.1. The van der Waals surface area contributed by atoms with Gasteiger partial charge >= 0.3 is 6.01 Å². The summed E-state index contributed by atoms with van der Waals surface area (Å²) < 4.78 is 5.71. The van der Waals surface area contributed by atoms with Gasteiger partial charge in [0, 0.05) is 18.1 Å². The number of nitrogen functional groups attached to an aromatic ring is 1. The summed E-state index contributed by atoms with van der Waals surface area (Å²) in [6.45, 7) is 6.36. The maximum Gasteiger partial charge on any atom is 0.320 e. The number of amides is 1. The van der Waals surface area contributed by atoms with E-state index in [9.17, 15) is 4.79 Å². The average Bonchev–Trinajstić information content (AvgIpc) is 3.26. The van der Waals surface area contributed by atoms with E-state index < -0.39 is 0 Å². The topological polar surface area (TPSA) is 109 Å². The number of halogens is 1. The zero-order valence-corrected chi connectivity index (χ0v) is 19.1. The first-order valence-corrected chi connectivity index (χ1v) is 11.5. The van der Waals surface area contributed by atoms with Gasteiger partial charge in [-0.25, -0.2) is 5.84 Å². The molecule has 0 radical (unpaired) electrons. The van der Waals surface area contributed by atoms with Crippen molar-refractivity contribution in [3.63, 3.8) is 0 Å². The van der Waals surface area contributed by atoms with Crippen molar-refractivity contribution in [1.29, 1.82) is 0 Å². The molecule has 1 amide bonds. The van der Waals surface area contributed by atoms with Gasteiger partial charge in [-0.05, 0) is 55.6 Å². The lowest BCUT2D eigenvalue weighted by Gasteiger charge is -2.31. The number of nitrogens with zero attached hydrogens (tertiary/aromatic N) is 4. The van der Waals surface area contributed by atoms with Crippen LogP contribution in [-0.4, -0.2) is 47.0 Å². The number of fused-ring (bicyclic) bond motifs is 1. The summed E-state index contributed by atoms with van der Waals surface area (Å²) in [5.74, 6) is 6.40. The van der Waals surface area contributed by atoms with Crippen LogP contribution >= 0.6 is 11.6 Å². The van der Waals surface area contributed by atoms with Gasteiger partial charge in [0.2, 0.25) is 5.91 Å². The van der Waals surface area contributed by atoms with E-state index in [1.807, 2.05) is 17.0 Å². The molecule has 1 saturated heterocycles. The van der Waals surface area contributed by atoms with E-state index in [1.54, 1.807) is 0 Å². The standard InChI is InChI=1S/C22H30ClN7O2/c1-2-3-8-32-22-26-20(28-24)19-21(27-22)30(14-18(31)25-19)13-16-9-15(10-17(23)11-16)12-29-6-4-5-7-29/h9-11H,2-8,12-14,24H2,1H3,(H,25,31)(H,26,27,28). The number of aromatic nitrogens is 2. The molecule has 4 rings (SSSR count). The number of hydrazine groups is 1. The molecular formula is C22H30ClN7O2. The molecule has 1 aromatic heterocycles. The largest absolute Gasteiger partial charge is 0.463 e. The molecule has 32 heavy (non-hydrogen) atoms. The lowest BCUT2D eigenvalue weighted by Crippen LogP contribution is -2.39. The highest BCUT2D eigenvalue weighted by Crippen LogP contribution is 2.35. The van der Waals surface area contributed by atoms with Crippen LogP contribution in [0.1, 0.15) is 43.7 Å². The predicted octanol–water partition coefficient (Wildman–Crippen LogP) is 3.15. The zero-order valence-electron chi connectivity index (χ0n) is 18.4. The third-order valence-corrected chi connectivity index (χ3v) is 5.85. The number of ether oxygens (including phenoxy) is 1. The lowest BCUT2D eigenvalue weighted by molar-refractivity contribution is -0.115. The number of anilines is 3. The van der Waals surface area contributed by atoms with Gasteiger partial charge in [-0.3, -0.25) is 9.69 Å². The molecular weight excluding hydrogens is 430 g/mol. The number of rotatable bonds is 9. The minimum atomic E-state index is -0.156. The number of nitrogens with two attached hydrogens (primary N) is 1. The van der Waals surface area contributed by atoms with Gasteiger partial charge in [0.25, 0.3) is 0 Å². The van der Waals surface area contributed by atoms with Crippen LogP contribution in [0.3, 0.4) is 0 Å². The number of carbonyl (C=O) groups is 1. The fourth-order valence-electron chi connectivity index (χ4n) is 4.13. The van der Waals surface area contributed by atoms with Crippen molar-refractivity contribution in [2.75, 3.05) is 41.9 Å². The number of hydrogen-bond acceptors (Lipinski definition) is 8. The van der Waals surface area contributed by atoms with Crippen LogP contribution in [0, 0.1) is 0 Å². The molecule has 172 valence electrons. The normalized spacial score (nSPS) is 16.1. The first kappa shape index (κ1) is 22.6. The van der Waals surface area contributed by atoms with E-state index in [0.717, 1.165) is 38.0 Å². The van der Waals surface area contributed by atoms with Gasteiger partial charge < -0.3 is 20.4 Å². The molecule has 0 spiro atoms. The second-order valence-corrected chi connectivity index (χ2v) is 8.69. The number of hydrogen-bond donors (Lipinski definition) is 3. The summed E-state index contributed by atoms with van der Waals surface area (Å²) in [6, 6.07) is 6.33. The molecule has 0 unspecified atom stereocenters. The Bertz CT molecular complexity index is 966. The van der Waals surface area contributed by atoms with Crippen molar-refractivity contribution in [2.45, 2.75) is 45.7 Å². The number of carbonyl (C=O) groups excluding carboxylic acids is 1. The van der Waals surface area contributed by atoms with Crippen LogP contribution in [0.2, 0.25) is 5.02 Å². The minimum absolute atomic E-state index is 0.156. The average molecular weight is 460 g/mol. The highest BCUT2D eigenvalue weighted by molar-refractivity contribution is 6.30. The Kier molecular flexibility index (Phi) is 7.29. The van der Waals surface area contributed by atoms with Crippen LogP contribution in [0.4, 0.5) is 17.3 Å². The molecule has 0 atom stereocenters. The Morgan fingerprint density at radius 2 is 1.94 bits per heavy atom. The van der Waals surface area contributed by atoms with Crippen molar-refractivity contribution >= 4 is 34.8 Å². The SMILES string of the molecule is CCCCOc1nc(NN)c2c(n1)N(Cc1cc(Cl)cc(CN3CCCC3)c1)CC(=O)N2. The monoisotopic (exact) mass is 459 g/mol. The maximum atomic E-state index is 12.4. The Morgan fingerprint density at radius 3 is 2.66 bits per heavy atom. The van der Waals surface area contributed by atoms with Crippen LogP contribution in [0.15, 0.2) is 18.2 Å². The molecule has 2 aliphatic rings. The van der Waals surface area contributed by atoms with Gasteiger partial charge in [-0.1, -0.05) is 31.0 Å². The molecule has 0 aliphatic carbocycles. The molecule has 0 saturated carbocycles. The summed E-state index contributed by atoms with van der Waals surface area (Å²) >= 11 is 6.44. The highest BCUT2D eigenvalue weighted by Gasteiger charge is 2.28. The first-order chi connectivity index (χ1) is 15.6. The van der Waals surface area contributed by atoms with E-state index >= 15 is 0 Å². The summed E-state index contributed by atoms with van der Waals surface area (Å²) in [6.07, 6.45) is 4.39. The van der Waals surface area contributed by atoms with Gasteiger partial charge in [0.05, 0.1) is 13.2 Å². The molecule has 2 aromatic rings. The van der Waals surface area contributed by atoms with Crippen molar-refractivity contribution in [1.82, 2.24) is 14.9 Å². The summed E-state index contributed by atoms with van der Waals surface area (Å²) in [4.78, 5) is 25.6. The zero-order chi connectivity index (χ0) is 22.5. The van der Waals surface area contributed by atoms with Crippen molar-refractivity contribution in [2.24, 2.45) is 5.84 Å². The second-order valence-electron chi connectivity index (χ2n) is 8.25. The molecule has 4 N–H and O–H groups in total. The molecule has 10 heteroatoms. The fraction of sp³-hybridized carbons (Fsp3) is 0.500. The number of likely N-dealkylation sites (tertiary alicyclic amines) is 1. The van der Waals surface area contributed by atoms with Crippen LogP contribution in [0.5, 0.6) is 6.01 Å². The molecule has 3 heterocycles. The van der Waals surface area contributed by atoms with E-state index in [1.165, 1.54) is 18.4 Å². The number of benzene rings is 1. The maximum absolute atomic E-state index is 12.4. The molecule has 2 aliphatic heterocycles.